The second-order valence-electron chi connectivity index (χ2n) is 6.38. The number of carbonyl (C=O) groups excluding carboxylic acids is 1. The van der Waals surface area contributed by atoms with Crippen molar-refractivity contribution < 1.29 is 13.9 Å². The molecule has 1 atom stereocenters. The number of aromatic nitrogens is 3. The fourth-order valence-electron chi connectivity index (χ4n) is 3.44. The summed E-state index contributed by atoms with van der Waals surface area (Å²) in [7, 11) is 1.52. The lowest BCUT2D eigenvalue weighted by Gasteiger charge is -2.34. The number of piperidine rings is 1. The van der Waals surface area contributed by atoms with E-state index in [9.17, 15) is 9.18 Å². The Morgan fingerprint density at radius 3 is 3.04 bits per heavy atom. The molecule has 1 fully saturated rings. The van der Waals surface area contributed by atoms with Crippen molar-refractivity contribution >= 4 is 16.9 Å². The van der Waals surface area contributed by atoms with Crippen LogP contribution in [0.25, 0.3) is 11.0 Å². The molecule has 1 saturated heterocycles. The molecule has 1 N–H and O–H groups in total. The molecule has 1 aromatic carbocycles. The van der Waals surface area contributed by atoms with E-state index in [2.05, 4.69) is 15.0 Å². The number of imidazole rings is 1. The molecule has 26 heavy (non-hydrogen) atoms. The molecule has 6 nitrogen and oxygen atoms in total. The molecule has 3 heterocycles. The van der Waals surface area contributed by atoms with Crippen molar-refractivity contribution in [1.82, 2.24) is 19.9 Å². The van der Waals surface area contributed by atoms with Gasteiger partial charge in [0, 0.05) is 24.4 Å². The number of rotatable bonds is 3. The lowest BCUT2D eigenvalue weighted by Crippen LogP contribution is -2.39. The third-order valence-electron chi connectivity index (χ3n) is 4.73. The Hall–Kier alpha value is -2.96. The van der Waals surface area contributed by atoms with Crippen LogP contribution < -0.4 is 4.74 Å². The van der Waals surface area contributed by atoms with Gasteiger partial charge in [0.05, 0.1) is 24.2 Å². The number of nitrogens with zero attached hydrogens (tertiary/aromatic N) is 3. The quantitative estimate of drug-likeness (QED) is 0.782. The van der Waals surface area contributed by atoms with Gasteiger partial charge in [-0.15, -0.1) is 0 Å². The van der Waals surface area contributed by atoms with Gasteiger partial charge in [-0.05, 0) is 43.5 Å². The van der Waals surface area contributed by atoms with Crippen molar-refractivity contribution in [2.24, 2.45) is 0 Å². The molecular formula is C19H19FN4O2. The molecule has 0 spiro atoms. The van der Waals surface area contributed by atoms with Crippen LogP contribution in [-0.2, 0) is 0 Å². The van der Waals surface area contributed by atoms with Gasteiger partial charge in [0.25, 0.3) is 5.91 Å². The molecule has 134 valence electrons. The van der Waals surface area contributed by atoms with Crippen molar-refractivity contribution in [2.75, 3.05) is 13.7 Å². The number of aromatic amines is 1. The molecule has 0 radical (unpaired) electrons. The summed E-state index contributed by atoms with van der Waals surface area (Å²) in [6.45, 7) is 0.652. The number of fused-ring (bicyclic) bond motifs is 1. The number of hydrogen-bond acceptors (Lipinski definition) is 4. The zero-order chi connectivity index (χ0) is 18.1. The Labute approximate surface area is 150 Å². The second-order valence-corrected chi connectivity index (χ2v) is 6.38. The van der Waals surface area contributed by atoms with Crippen molar-refractivity contribution in [3.63, 3.8) is 0 Å². The Morgan fingerprint density at radius 1 is 1.31 bits per heavy atom. The van der Waals surface area contributed by atoms with Gasteiger partial charge in [-0.1, -0.05) is 0 Å². The Morgan fingerprint density at radius 2 is 2.19 bits per heavy atom. The van der Waals surface area contributed by atoms with Crippen LogP contribution in [0, 0.1) is 5.82 Å². The van der Waals surface area contributed by atoms with Crippen molar-refractivity contribution in [3.8, 4) is 5.88 Å². The van der Waals surface area contributed by atoms with Gasteiger partial charge in [-0.3, -0.25) is 4.79 Å². The zero-order valence-corrected chi connectivity index (χ0v) is 14.4. The summed E-state index contributed by atoms with van der Waals surface area (Å²) in [5, 5.41) is 0. The number of hydrogen-bond donors (Lipinski definition) is 1. The molecule has 0 saturated carbocycles. The zero-order valence-electron chi connectivity index (χ0n) is 14.4. The maximum Gasteiger partial charge on any atom is 0.254 e. The minimum atomic E-state index is -0.312. The monoisotopic (exact) mass is 354 g/mol. The van der Waals surface area contributed by atoms with Crippen molar-refractivity contribution in [1.29, 1.82) is 0 Å². The Balaban J connectivity index is 1.67. The standard InChI is InChI=1S/C19H19FN4O2/c1-26-17-10-12(7-8-21-17)19(25)24-9-3-2-4-16(24)18-22-14-6-5-13(20)11-15(14)23-18/h5-8,10-11,16H,2-4,9H2,1H3,(H,22,23). The van der Waals surface area contributed by atoms with E-state index < -0.39 is 0 Å². The highest BCUT2D eigenvalue weighted by atomic mass is 19.1. The van der Waals surface area contributed by atoms with Crippen LogP contribution >= 0.6 is 0 Å². The fourth-order valence-corrected chi connectivity index (χ4v) is 3.44. The highest BCUT2D eigenvalue weighted by Gasteiger charge is 2.31. The summed E-state index contributed by atoms with van der Waals surface area (Å²) in [4.78, 5) is 26.7. The van der Waals surface area contributed by atoms with Gasteiger partial charge >= 0.3 is 0 Å². The second kappa shape index (κ2) is 6.74. The molecule has 4 rings (SSSR count). The maximum absolute atomic E-state index is 13.5. The summed E-state index contributed by atoms with van der Waals surface area (Å²) >= 11 is 0. The first-order valence-electron chi connectivity index (χ1n) is 8.62. The van der Waals surface area contributed by atoms with Crippen LogP contribution in [0.5, 0.6) is 5.88 Å². The third kappa shape index (κ3) is 3.00. The lowest BCUT2D eigenvalue weighted by atomic mass is 10.0. The van der Waals surface area contributed by atoms with E-state index in [0.717, 1.165) is 19.3 Å². The highest BCUT2D eigenvalue weighted by molar-refractivity contribution is 5.94. The third-order valence-corrected chi connectivity index (χ3v) is 4.73. The van der Waals surface area contributed by atoms with E-state index in [1.165, 1.54) is 19.2 Å². The molecule has 1 unspecified atom stereocenters. The minimum absolute atomic E-state index is 0.0814. The number of benzene rings is 1. The molecule has 1 amide bonds. The molecule has 1 aliphatic rings. The topological polar surface area (TPSA) is 71.1 Å². The molecule has 3 aromatic rings. The molecule has 2 aromatic heterocycles. The van der Waals surface area contributed by atoms with Gasteiger partial charge in [0.2, 0.25) is 5.88 Å². The summed E-state index contributed by atoms with van der Waals surface area (Å²) in [6, 6.07) is 7.62. The van der Waals surface area contributed by atoms with Crippen LogP contribution in [0.4, 0.5) is 4.39 Å². The number of halogens is 1. The Kier molecular flexibility index (Phi) is 4.28. The van der Waals surface area contributed by atoms with Crippen LogP contribution in [-0.4, -0.2) is 39.4 Å². The summed E-state index contributed by atoms with van der Waals surface area (Å²) < 4.78 is 18.6. The number of nitrogens with one attached hydrogen (secondary N) is 1. The lowest BCUT2D eigenvalue weighted by molar-refractivity contribution is 0.0601. The number of pyridine rings is 1. The number of H-pyrrole nitrogens is 1. The summed E-state index contributed by atoms with van der Waals surface area (Å²) in [5.41, 5.74) is 1.87. The van der Waals surface area contributed by atoms with Gasteiger partial charge in [0.15, 0.2) is 0 Å². The van der Waals surface area contributed by atoms with Crippen LogP contribution in [0.2, 0.25) is 0 Å². The van der Waals surface area contributed by atoms with Crippen molar-refractivity contribution in [2.45, 2.75) is 25.3 Å². The van der Waals surface area contributed by atoms with Crippen LogP contribution in [0.1, 0.15) is 41.5 Å². The molecule has 0 aliphatic carbocycles. The average molecular weight is 354 g/mol. The van der Waals surface area contributed by atoms with Gasteiger partial charge < -0.3 is 14.6 Å². The first kappa shape index (κ1) is 16.5. The predicted molar refractivity (Wildman–Crippen MR) is 94.5 cm³/mol. The van der Waals surface area contributed by atoms with E-state index in [1.807, 2.05) is 4.90 Å². The number of likely N-dealkylation sites (tertiary alicyclic amines) is 1. The molecular weight excluding hydrogens is 335 g/mol. The van der Waals surface area contributed by atoms with Gasteiger partial charge in [0.1, 0.15) is 11.6 Å². The summed E-state index contributed by atoms with van der Waals surface area (Å²) in [5.74, 6) is 0.707. The maximum atomic E-state index is 13.5. The van der Waals surface area contributed by atoms with E-state index in [4.69, 9.17) is 4.74 Å². The van der Waals surface area contributed by atoms with E-state index in [-0.39, 0.29) is 17.8 Å². The van der Waals surface area contributed by atoms with Crippen LogP contribution in [0.3, 0.4) is 0 Å². The molecule has 7 heteroatoms. The highest BCUT2D eigenvalue weighted by Crippen LogP contribution is 2.32. The van der Waals surface area contributed by atoms with E-state index in [0.29, 0.717) is 34.8 Å². The smallest absolute Gasteiger partial charge is 0.254 e. The summed E-state index contributed by atoms with van der Waals surface area (Å²) in [6.07, 6.45) is 4.34. The minimum Gasteiger partial charge on any atom is -0.481 e. The van der Waals surface area contributed by atoms with Crippen LogP contribution in [0.15, 0.2) is 36.5 Å². The Bertz CT molecular complexity index is 956. The van der Waals surface area contributed by atoms with Gasteiger partial charge in [-0.25, -0.2) is 14.4 Å². The first-order valence-corrected chi connectivity index (χ1v) is 8.62. The van der Waals surface area contributed by atoms with E-state index in [1.54, 1.807) is 24.4 Å². The largest absolute Gasteiger partial charge is 0.481 e. The fraction of sp³-hybridized carbons (Fsp3) is 0.316. The van der Waals surface area contributed by atoms with Crippen molar-refractivity contribution in [3.05, 3.63) is 53.7 Å². The predicted octanol–water partition coefficient (Wildman–Crippen LogP) is 3.47. The molecule has 0 bridgehead atoms. The number of amides is 1. The van der Waals surface area contributed by atoms with E-state index >= 15 is 0 Å². The van der Waals surface area contributed by atoms with Gasteiger partial charge in [-0.2, -0.15) is 0 Å². The number of carbonyl (C=O) groups is 1. The number of ether oxygens (including phenoxy) is 1. The SMILES string of the molecule is COc1cc(C(=O)N2CCCCC2c2nc3ccc(F)cc3[nH]2)ccn1. The normalized spacial score (nSPS) is 17.5. The number of methoxy groups -OCH3 is 1. The molecule has 1 aliphatic heterocycles. The first-order chi connectivity index (χ1) is 12.7. The average Bonchev–Trinajstić information content (AvgIpc) is 3.10.